The van der Waals surface area contributed by atoms with Crippen molar-refractivity contribution in [3.63, 3.8) is 0 Å². The molecule has 0 aliphatic rings. The van der Waals surface area contributed by atoms with Gasteiger partial charge in [0.1, 0.15) is 0 Å². The summed E-state index contributed by atoms with van der Waals surface area (Å²) >= 11 is 0. The standard InChI is InChI=1S/C14H25F13O3Si4/c1-31(2)28-34(29-32(3)4,30-33(5)6)8-7-9(15,16)10(17,18)11(19,20)12(21,22)13(23,24)14(25,26)27/h31-33H,7-8H2,1-6H3. The van der Waals surface area contributed by atoms with E-state index in [2.05, 4.69) is 0 Å². The highest BCUT2D eigenvalue weighted by atomic mass is 28.5. The molecule has 0 fully saturated rings. The van der Waals surface area contributed by atoms with Gasteiger partial charge in [-0.05, 0) is 39.3 Å². The Labute approximate surface area is 193 Å². The fourth-order valence-electron chi connectivity index (χ4n) is 2.61. The molecule has 0 aliphatic carbocycles. The Balaban J connectivity index is 6.32. The summed E-state index contributed by atoms with van der Waals surface area (Å²) in [5, 5.41) is 0. The van der Waals surface area contributed by atoms with Gasteiger partial charge < -0.3 is 12.3 Å². The molecule has 0 rings (SSSR count). The van der Waals surface area contributed by atoms with Crippen molar-refractivity contribution in [2.45, 2.75) is 87.5 Å². The summed E-state index contributed by atoms with van der Waals surface area (Å²) in [4.78, 5) is 0. The Morgan fingerprint density at radius 1 is 0.500 bits per heavy atom. The Morgan fingerprint density at radius 2 is 0.794 bits per heavy atom. The molecule has 0 heterocycles. The maximum absolute atomic E-state index is 14.3. The van der Waals surface area contributed by atoms with E-state index in [4.69, 9.17) is 12.3 Å². The van der Waals surface area contributed by atoms with E-state index >= 15 is 0 Å². The first-order chi connectivity index (χ1) is 14.7. The summed E-state index contributed by atoms with van der Waals surface area (Å²) in [6.45, 7) is 9.08. The van der Waals surface area contributed by atoms with Crippen LogP contribution >= 0.6 is 0 Å². The van der Waals surface area contributed by atoms with E-state index in [0.717, 1.165) is 0 Å². The van der Waals surface area contributed by atoms with Crippen LogP contribution in [0.4, 0.5) is 57.1 Å². The predicted octanol–water partition coefficient (Wildman–Crippen LogP) is 6.05. The van der Waals surface area contributed by atoms with Crippen LogP contribution < -0.4 is 0 Å². The first-order valence-electron chi connectivity index (χ1n) is 9.70. The lowest BCUT2D eigenvalue weighted by Crippen LogP contribution is -2.70. The van der Waals surface area contributed by atoms with Crippen molar-refractivity contribution in [2.24, 2.45) is 0 Å². The number of rotatable bonds is 13. The summed E-state index contributed by atoms with van der Waals surface area (Å²) in [5.74, 6) is -37.0. The molecule has 0 atom stereocenters. The minimum Gasteiger partial charge on any atom is -0.420 e. The minimum absolute atomic E-state index is 1.28. The minimum atomic E-state index is -7.91. The molecule has 0 aromatic heterocycles. The molecule has 20 heteroatoms. The summed E-state index contributed by atoms with van der Waals surface area (Å²) < 4.78 is 190. The molecule has 0 aromatic carbocycles. The molecule has 0 saturated heterocycles. The number of alkyl halides is 13. The average Bonchev–Trinajstić information content (AvgIpc) is 2.56. The molecule has 0 amide bonds. The second-order valence-electron chi connectivity index (χ2n) is 8.18. The monoisotopic (exact) mass is 600 g/mol. The van der Waals surface area contributed by atoms with Gasteiger partial charge >= 0.3 is 44.6 Å². The molecule has 0 unspecified atom stereocenters. The van der Waals surface area contributed by atoms with Crippen molar-refractivity contribution in [1.29, 1.82) is 0 Å². The predicted molar refractivity (Wildman–Crippen MR) is 106 cm³/mol. The van der Waals surface area contributed by atoms with E-state index in [0.29, 0.717) is 0 Å². The van der Waals surface area contributed by atoms with Gasteiger partial charge in [-0.25, -0.2) is 0 Å². The van der Waals surface area contributed by atoms with Gasteiger partial charge in [-0.3, -0.25) is 0 Å². The van der Waals surface area contributed by atoms with Gasteiger partial charge in [0.25, 0.3) is 0 Å². The van der Waals surface area contributed by atoms with Crippen LogP contribution in [-0.4, -0.2) is 71.7 Å². The topological polar surface area (TPSA) is 27.7 Å². The molecule has 0 aromatic rings. The van der Waals surface area contributed by atoms with E-state index in [1.165, 1.54) is 39.3 Å². The SMILES string of the molecule is C[SiH](C)O[Si](CCC(F)(F)C(F)(F)C(F)(F)C(F)(F)C(F)(F)C(F)(F)F)(O[SiH](C)C)O[SiH](C)C. The van der Waals surface area contributed by atoms with E-state index in [-0.39, 0.29) is 0 Å². The van der Waals surface area contributed by atoms with Crippen LogP contribution in [0.5, 0.6) is 0 Å². The fourth-order valence-corrected chi connectivity index (χ4v) is 15.4. The Kier molecular flexibility index (Phi) is 10.6. The smallest absolute Gasteiger partial charge is 0.420 e. The van der Waals surface area contributed by atoms with Crippen LogP contribution in [0.2, 0.25) is 45.3 Å². The van der Waals surface area contributed by atoms with Crippen LogP contribution in [0.25, 0.3) is 0 Å². The van der Waals surface area contributed by atoms with Crippen LogP contribution in [0.3, 0.4) is 0 Å². The molecule has 0 N–H and O–H groups in total. The summed E-state index contributed by atoms with van der Waals surface area (Å²) in [7, 11) is -10.9. The third kappa shape index (κ3) is 6.78. The zero-order valence-electron chi connectivity index (χ0n) is 18.8. The molecule has 0 bridgehead atoms. The zero-order chi connectivity index (χ0) is 27.8. The van der Waals surface area contributed by atoms with Gasteiger partial charge in [-0.1, -0.05) is 0 Å². The first-order valence-corrected chi connectivity index (χ1v) is 20.0. The Morgan fingerprint density at radius 3 is 1.06 bits per heavy atom. The molecular weight excluding hydrogens is 575 g/mol. The first kappa shape index (κ1) is 33.8. The van der Waals surface area contributed by atoms with Crippen LogP contribution in [0, 0.1) is 0 Å². The third-order valence-corrected chi connectivity index (χ3v) is 14.8. The lowest BCUT2D eigenvalue weighted by atomic mass is 9.93. The van der Waals surface area contributed by atoms with Crippen molar-refractivity contribution in [3.05, 3.63) is 0 Å². The third-order valence-electron chi connectivity index (χ3n) is 3.99. The number of halogens is 13. The van der Waals surface area contributed by atoms with Gasteiger partial charge in [-0.15, -0.1) is 0 Å². The summed E-state index contributed by atoms with van der Waals surface area (Å²) in [5.41, 5.74) is 0. The molecule has 34 heavy (non-hydrogen) atoms. The highest BCUT2D eigenvalue weighted by molar-refractivity contribution is 6.79. The van der Waals surface area contributed by atoms with Crippen molar-refractivity contribution in [1.82, 2.24) is 0 Å². The molecule has 0 radical (unpaired) electrons. The normalized spacial score (nSPS) is 15.7. The van der Waals surface area contributed by atoms with Crippen molar-refractivity contribution in [3.8, 4) is 0 Å². The van der Waals surface area contributed by atoms with E-state index in [9.17, 15) is 57.1 Å². The van der Waals surface area contributed by atoms with Crippen LogP contribution in [0.15, 0.2) is 0 Å². The molecule has 0 saturated carbocycles. The summed E-state index contributed by atoms with van der Waals surface area (Å²) in [6.07, 6.45) is -9.80. The van der Waals surface area contributed by atoms with Gasteiger partial charge in [0.05, 0.1) is 0 Å². The second kappa shape index (κ2) is 10.7. The lowest BCUT2D eigenvalue weighted by molar-refractivity contribution is -0.440. The molecule has 3 nitrogen and oxygen atoms in total. The fraction of sp³-hybridized carbons (Fsp3) is 1.00. The molecule has 0 spiro atoms. The average molecular weight is 601 g/mol. The second-order valence-corrected chi connectivity index (χ2v) is 19.2. The Hall–Kier alpha value is -0.162. The molecule has 206 valence electrons. The molecule has 0 aliphatic heterocycles. The zero-order valence-corrected chi connectivity index (χ0v) is 23.2. The Bertz CT molecular complexity index is 645. The maximum Gasteiger partial charge on any atom is 0.469 e. The van der Waals surface area contributed by atoms with Crippen molar-refractivity contribution in [2.75, 3.05) is 0 Å². The lowest BCUT2D eigenvalue weighted by Gasteiger charge is -2.41. The number of hydrogen-bond acceptors (Lipinski definition) is 3. The highest BCUT2D eigenvalue weighted by Gasteiger charge is 2.90. The highest BCUT2D eigenvalue weighted by Crippen LogP contribution is 2.61. The van der Waals surface area contributed by atoms with E-state index in [1.807, 2.05) is 0 Å². The van der Waals surface area contributed by atoms with Gasteiger partial charge in [0.15, 0.2) is 27.1 Å². The van der Waals surface area contributed by atoms with Crippen molar-refractivity contribution < 1.29 is 69.4 Å². The van der Waals surface area contributed by atoms with Gasteiger partial charge in [0, 0.05) is 12.5 Å². The maximum atomic E-state index is 14.3. The van der Waals surface area contributed by atoms with Gasteiger partial charge in [0.2, 0.25) is 0 Å². The van der Waals surface area contributed by atoms with E-state index < -0.39 is 84.2 Å². The quantitative estimate of drug-likeness (QED) is 0.190. The number of hydrogen-bond donors (Lipinski definition) is 0. The van der Waals surface area contributed by atoms with Crippen LogP contribution in [-0.2, 0) is 12.3 Å². The van der Waals surface area contributed by atoms with Crippen molar-refractivity contribution >= 4 is 35.9 Å². The molecular formula is C14H25F13O3Si4. The van der Waals surface area contributed by atoms with E-state index in [1.54, 1.807) is 0 Å². The summed E-state index contributed by atoms with van der Waals surface area (Å²) in [6, 6.07) is -1.28. The van der Waals surface area contributed by atoms with Crippen LogP contribution in [0.1, 0.15) is 6.42 Å². The van der Waals surface area contributed by atoms with Gasteiger partial charge in [-0.2, -0.15) is 57.1 Å². The largest absolute Gasteiger partial charge is 0.469 e.